The highest BCUT2D eigenvalue weighted by atomic mass is 35.5. The number of benzene rings is 4. The highest BCUT2D eigenvalue weighted by Gasteiger charge is 2.28. The quantitative estimate of drug-likeness (QED) is 0.255. The molecule has 0 spiro atoms. The van der Waals surface area contributed by atoms with E-state index >= 15 is 0 Å². The van der Waals surface area contributed by atoms with Crippen molar-refractivity contribution in [2.45, 2.75) is 11.4 Å². The van der Waals surface area contributed by atoms with Crippen LogP contribution in [-0.4, -0.2) is 20.5 Å². The number of rotatable bonds is 8. The summed E-state index contributed by atoms with van der Waals surface area (Å²) in [5.41, 5.74) is 4.45. The Hall–Kier alpha value is -3.94. The third-order valence-electron chi connectivity index (χ3n) is 5.17. The number of hydrogen-bond acceptors (Lipinski definition) is 4. The number of nitrogens with zero attached hydrogens (tertiary/aromatic N) is 2. The van der Waals surface area contributed by atoms with Gasteiger partial charge in [-0.1, -0.05) is 84.4 Å². The molecular weight excluding hydrogens is 482 g/mol. The van der Waals surface area contributed by atoms with E-state index in [9.17, 15) is 13.2 Å². The lowest BCUT2D eigenvalue weighted by Crippen LogP contribution is -2.33. The van der Waals surface area contributed by atoms with Gasteiger partial charge in [0.15, 0.2) is 0 Å². The summed E-state index contributed by atoms with van der Waals surface area (Å²) in [6.45, 7) is 0.0520. The molecule has 0 saturated carbocycles. The third-order valence-corrected chi connectivity index (χ3v) is 7.19. The molecular formula is C27H22ClN3O3S. The van der Waals surface area contributed by atoms with Gasteiger partial charge in [0.05, 0.1) is 28.9 Å². The van der Waals surface area contributed by atoms with Gasteiger partial charge in [0.2, 0.25) is 0 Å². The Morgan fingerprint density at radius 2 is 1.43 bits per heavy atom. The van der Waals surface area contributed by atoms with E-state index in [1.807, 2.05) is 30.3 Å². The van der Waals surface area contributed by atoms with Crippen LogP contribution in [0.25, 0.3) is 0 Å². The fourth-order valence-corrected chi connectivity index (χ4v) is 5.04. The number of anilines is 1. The molecule has 4 aromatic rings. The maximum Gasteiger partial charge on any atom is 0.273 e. The van der Waals surface area contributed by atoms with E-state index in [-0.39, 0.29) is 22.7 Å². The van der Waals surface area contributed by atoms with Crippen molar-refractivity contribution in [1.29, 1.82) is 0 Å². The number of carbonyl (C=O) groups is 1. The molecule has 8 heteroatoms. The predicted molar refractivity (Wildman–Crippen MR) is 139 cm³/mol. The Labute approximate surface area is 209 Å². The molecule has 35 heavy (non-hydrogen) atoms. The summed E-state index contributed by atoms with van der Waals surface area (Å²) in [7, 11) is -3.97. The van der Waals surface area contributed by atoms with Gasteiger partial charge in [-0.25, -0.2) is 13.8 Å². The lowest BCUT2D eigenvalue weighted by atomic mass is 10.1. The molecule has 1 amide bonds. The molecule has 6 nitrogen and oxygen atoms in total. The molecule has 0 aliphatic carbocycles. The molecule has 0 saturated heterocycles. The lowest BCUT2D eigenvalue weighted by Gasteiger charge is -2.26. The van der Waals surface area contributed by atoms with Crippen LogP contribution in [0.5, 0.6) is 0 Å². The Morgan fingerprint density at radius 1 is 0.829 bits per heavy atom. The third kappa shape index (κ3) is 5.95. The van der Waals surface area contributed by atoms with Crippen LogP contribution in [0.2, 0.25) is 5.02 Å². The van der Waals surface area contributed by atoms with Gasteiger partial charge >= 0.3 is 0 Å². The number of nitrogens with one attached hydrogen (secondary N) is 1. The minimum absolute atomic E-state index is 0.0520. The van der Waals surface area contributed by atoms with Crippen LogP contribution in [0, 0.1) is 0 Å². The van der Waals surface area contributed by atoms with Gasteiger partial charge in [0.1, 0.15) is 0 Å². The highest BCUT2D eigenvalue weighted by Crippen LogP contribution is 2.29. The second kappa shape index (κ2) is 11.0. The molecule has 176 valence electrons. The van der Waals surface area contributed by atoms with Crippen molar-refractivity contribution in [3.05, 3.63) is 131 Å². The monoisotopic (exact) mass is 503 g/mol. The number of amides is 1. The SMILES string of the molecule is O=C(N/N=C/c1ccc(Cl)cc1)c1ccccc1N(Cc1ccccc1)S(=O)(=O)c1ccccc1. The molecule has 0 radical (unpaired) electrons. The van der Waals surface area contributed by atoms with Crippen LogP contribution in [0.15, 0.2) is 119 Å². The van der Waals surface area contributed by atoms with E-state index in [2.05, 4.69) is 10.5 Å². The smallest absolute Gasteiger partial charge is 0.267 e. The Balaban J connectivity index is 1.69. The Kier molecular flexibility index (Phi) is 7.60. The number of para-hydroxylation sites is 1. The first-order valence-corrected chi connectivity index (χ1v) is 12.6. The van der Waals surface area contributed by atoms with Crippen molar-refractivity contribution < 1.29 is 13.2 Å². The van der Waals surface area contributed by atoms with Crippen molar-refractivity contribution in [1.82, 2.24) is 5.43 Å². The summed E-state index contributed by atoms with van der Waals surface area (Å²) in [4.78, 5) is 13.2. The Bertz CT molecular complexity index is 1430. The second-order valence-corrected chi connectivity index (χ2v) is 9.88. The summed E-state index contributed by atoms with van der Waals surface area (Å²) in [5, 5.41) is 4.61. The number of halogens is 1. The zero-order valence-electron chi connectivity index (χ0n) is 18.6. The predicted octanol–water partition coefficient (Wildman–Crippen LogP) is 5.50. The average Bonchev–Trinajstić information content (AvgIpc) is 2.89. The van der Waals surface area contributed by atoms with Gasteiger partial charge < -0.3 is 0 Å². The molecule has 4 rings (SSSR count). The van der Waals surface area contributed by atoms with Crippen LogP contribution in [0.4, 0.5) is 5.69 Å². The molecule has 0 fully saturated rings. The Morgan fingerprint density at radius 3 is 2.11 bits per heavy atom. The van der Waals surface area contributed by atoms with E-state index in [4.69, 9.17) is 11.6 Å². The molecule has 0 bridgehead atoms. The van der Waals surface area contributed by atoms with Crippen LogP contribution in [0.1, 0.15) is 21.5 Å². The molecule has 0 aliphatic heterocycles. The second-order valence-electron chi connectivity index (χ2n) is 7.58. The summed E-state index contributed by atoms with van der Waals surface area (Å²) in [6.07, 6.45) is 1.49. The van der Waals surface area contributed by atoms with Crippen molar-refractivity contribution in [2.75, 3.05) is 4.31 Å². The number of hydrogen-bond donors (Lipinski definition) is 1. The normalized spacial score (nSPS) is 11.3. The zero-order valence-corrected chi connectivity index (χ0v) is 20.2. The van der Waals surface area contributed by atoms with Gasteiger partial charge in [-0.3, -0.25) is 9.10 Å². The van der Waals surface area contributed by atoms with Gasteiger partial charge in [-0.05, 0) is 47.5 Å². The fraction of sp³-hybridized carbons (Fsp3) is 0.0370. The summed E-state index contributed by atoms with van der Waals surface area (Å²) < 4.78 is 28.6. The van der Waals surface area contributed by atoms with Crippen molar-refractivity contribution >= 4 is 39.4 Å². The van der Waals surface area contributed by atoms with Crippen LogP contribution in [0.3, 0.4) is 0 Å². The average molecular weight is 504 g/mol. The van der Waals surface area contributed by atoms with Crippen LogP contribution >= 0.6 is 11.6 Å². The minimum atomic E-state index is -3.97. The summed E-state index contributed by atoms with van der Waals surface area (Å²) in [5.74, 6) is -0.535. The van der Waals surface area contributed by atoms with E-state index in [0.717, 1.165) is 11.1 Å². The van der Waals surface area contributed by atoms with Gasteiger partial charge in [-0.2, -0.15) is 5.10 Å². The van der Waals surface area contributed by atoms with Crippen LogP contribution in [-0.2, 0) is 16.6 Å². The van der Waals surface area contributed by atoms with Crippen molar-refractivity contribution in [3.8, 4) is 0 Å². The molecule has 0 aromatic heterocycles. The first kappa shape index (κ1) is 24.2. The van der Waals surface area contributed by atoms with Crippen LogP contribution < -0.4 is 9.73 Å². The number of carbonyl (C=O) groups excluding carboxylic acids is 1. The molecule has 4 aromatic carbocycles. The van der Waals surface area contributed by atoms with Crippen molar-refractivity contribution in [2.24, 2.45) is 5.10 Å². The fourth-order valence-electron chi connectivity index (χ4n) is 3.43. The summed E-state index contributed by atoms with van der Waals surface area (Å²) >= 11 is 5.89. The van der Waals surface area contributed by atoms with Crippen molar-refractivity contribution in [3.63, 3.8) is 0 Å². The number of hydrazone groups is 1. The lowest BCUT2D eigenvalue weighted by molar-refractivity contribution is 0.0956. The standard InChI is InChI=1S/C27H22ClN3O3S/c28-23-17-15-21(16-18-23)19-29-30-27(32)25-13-7-8-14-26(25)31(20-22-9-3-1-4-10-22)35(33,34)24-11-5-2-6-12-24/h1-19H,20H2,(H,30,32)/b29-19+. The molecule has 0 unspecified atom stereocenters. The molecule has 0 atom stereocenters. The number of sulfonamides is 1. The topological polar surface area (TPSA) is 78.8 Å². The zero-order chi connectivity index (χ0) is 24.7. The maximum absolute atomic E-state index is 13.7. The van der Waals surface area contributed by atoms with E-state index in [0.29, 0.717) is 5.02 Å². The van der Waals surface area contributed by atoms with E-state index < -0.39 is 15.9 Å². The minimum Gasteiger partial charge on any atom is -0.267 e. The van der Waals surface area contributed by atoms with Gasteiger partial charge in [0, 0.05) is 5.02 Å². The molecule has 1 N–H and O–H groups in total. The van der Waals surface area contributed by atoms with E-state index in [1.54, 1.807) is 66.7 Å². The van der Waals surface area contributed by atoms with Gasteiger partial charge in [-0.15, -0.1) is 0 Å². The largest absolute Gasteiger partial charge is 0.273 e. The first-order valence-electron chi connectivity index (χ1n) is 10.7. The first-order chi connectivity index (χ1) is 16.9. The highest BCUT2D eigenvalue weighted by molar-refractivity contribution is 7.92. The molecule has 0 aliphatic rings. The van der Waals surface area contributed by atoms with Gasteiger partial charge in [0.25, 0.3) is 15.9 Å². The molecule has 0 heterocycles. The van der Waals surface area contributed by atoms with E-state index in [1.165, 1.54) is 22.7 Å². The summed E-state index contributed by atoms with van der Waals surface area (Å²) in [6, 6.07) is 30.9. The maximum atomic E-state index is 13.7.